The van der Waals surface area contributed by atoms with E-state index >= 15 is 0 Å². The van der Waals surface area contributed by atoms with Crippen LogP contribution in [0.2, 0.25) is 0 Å². The lowest BCUT2D eigenvalue weighted by Gasteiger charge is -2.19. The Morgan fingerprint density at radius 2 is 2.11 bits per heavy atom. The zero-order valence-electron chi connectivity index (χ0n) is 10.6. The molecule has 0 unspecified atom stereocenters. The van der Waals surface area contributed by atoms with Gasteiger partial charge in [0.05, 0.1) is 10.6 Å². The number of aromatic nitrogens is 1. The third kappa shape index (κ3) is 3.04. The third-order valence-corrected chi connectivity index (χ3v) is 5.16. The molecule has 3 nitrogen and oxygen atoms in total. The van der Waals surface area contributed by atoms with Gasteiger partial charge >= 0.3 is 0 Å². The molecule has 1 fully saturated rings. The van der Waals surface area contributed by atoms with Gasteiger partial charge in [-0.3, -0.25) is 10.1 Å². The molecular formula is C14H16N2OS2. The van der Waals surface area contributed by atoms with E-state index in [4.69, 9.17) is 0 Å². The highest BCUT2D eigenvalue weighted by molar-refractivity contribution is 7.14. The Bertz CT molecular complexity index is 542. The number of hydrogen-bond donors (Lipinski definition) is 1. The van der Waals surface area contributed by atoms with Crippen LogP contribution in [0.5, 0.6) is 0 Å². The largest absolute Gasteiger partial charge is 0.297 e. The van der Waals surface area contributed by atoms with Crippen molar-refractivity contribution in [3.63, 3.8) is 0 Å². The Labute approximate surface area is 120 Å². The molecule has 0 atom stereocenters. The maximum Gasteiger partial charge on any atom is 0.267 e. The number of anilines is 1. The van der Waals surface area contributed by atoms with E-state index in [-0.39, 0.29) is 5.91 Å². The van der Waals surface area contributed by atoms with Crippen LogP contribution in [-0.4, -0.2) is 10.9 Å². The molecule has 0 spiro atoms. The molecule has 1 N–H and O–H groups in total. The molecule has 1 aliphatic carbocycles. The van der Waals surface area contributed by atoms with Crippen LogP contribution in [0, 0.1) is 0 Å². The predicted octanol–water partition coefficient (Wildman–Crippen LogP) is 4.50. The van der Waals surface area contributed by atoms with Gasteiger partial charge in [0.15, 0.2) is 5.13 Å². The summed E-state index contributed by atoms with van der Waals surface area (Å²) < 4.78 is 0. The normalized spacial score (nSPS) is 16.4. The second kappa shape index (κ2) is 5.84. The fourth-order valence-corrected chi connectivity index (χ4v) is 3.90. The molecule has 0 aromatic carbocycles. The minimum absolute atomic E-state index is 0.0560. The molecule has 1 aliphatic rings. The van der Waals surface area contributed by atoms with E-state index in [1.807, 2.05) is 17.5 Å². The summed E-state index contributed by atoms with van der Waals surface area (Å²) in [5.74, 6) is 0.539. The summed E-state index contributed by atoms with van der Waals surface area (Å²) in [6.45, 7) is 0. The number of thiazole rings is 1. The van der Waals surface area contributed by atoms with Crippen LogP contribution < -0.4 is 5.32 Å². The molecule has 3 rings (SSSR count). The first-order valence-electron chi connectivity index (χ1n) is 6.63. The van der Waals surface area contributed by atoms with Crippen LogP contribution in [0.4, 0.5) is 5.13 Å². The molecule has 19 heavy (non-hydrogen) atoms. The topological polar surface area (TPSA) is 42.0 Å². The second-order valence-electron chi connectivity index (χ2n) is 4.84. The maximum atomic E-state index is 11.9. The molecule has 2 heterocycles. The van der Waals surface area contributed by atoms with Gasteiger partial charge in [0.25, 0.3) is 5.91 Å². The van der Waals surface area contributed by atoms with Crippen molar-refractivity contribution in [1.82, 2.24) is 4.98 Å². The van der Waals surface area contributed by atoms with Gasteiger partial charge in [-0.15, -0.1) is 22.7 Å². The van der Waals surface area contributed by atoms with Gasteiger partial charge in [0, 0.05) is 11.3 Å². The standard InChI is InChI=1S/C14H16N2OS2/c17-13(12-7-4-8-18-12)16-14-15-11(9-19-14)10-5-2-1-3-6-10/h4,7-10H,1-3,5-6H2,(H,15,16,17). The fourth-order valence-electron chi connectivity index (χ4n) is 2.50. The maximum absolute atomic E-state index is 11.9. The number of nitrogens with one attached hydrogen (secondary N) is 1. The first-order valence-corrected chi connectivity index (χ1v) is 8.39. The predicted molar refractivity (Wildman–Crippen MR) is 80.2 cm³/mol. The highest BCUT2D eigenvalue weighted by atomic mass is 32.1. The molecule has 100 valence electrons. The molecule has 0 aliphatic heterocycles. The monoisotopic (exact) mass is 292 g/mol. The number of carbonyl (C=O) groups excluding carboxylic acids is 1. The van der Waals surface area contributed by atoms with Gasteiger partial charge in [-0.05, 0) is 24.3 Å². The highest BCUT2D eigenvalue weighted by Crippen LogP contribution is 2.34. The van der Waals surface area contributed by atoms with E-state index in [1.165, 1.54) is 54.8 Å². The summed E-state index contributed by atoms with van der Waals surface area (Å²) in [4.78, 5) is 17.2. The quantitative estimate of drug-likeness (QED) is 0.904. The Morgan fingerprint density at radius 1 is 1.26 bits per heavy atom. The van der Waals surface area contributed by atoms with Crippen molar-refractivity contribution in [3.05, 3.63) is 33.5 Å². The van der Waals surface area contributed by atoms with Gasteiger partial charge in [0.1, 0.15) is 0 Å². The van der Waals surface area contributed by atoms with E-state index in [2.05, 4.69) is 15.7 Å². The fraction of sp³-hybridized carbons (Fsp3) is 0.429. The lowest BCUT2D eigenvalue weighted by atomic mass is 9.87. The summed E-state index contributed by atoms with van der Waals surface area (Å²) in [7, 11) is 0. The molecule has 1 saturated carbocycles. The number of hydrogen-bond acceptors (Lipinski definition) is 4. The number of rotatable bonds is 3. The summed E-state index contributed by atoms with van der Waals surface area (Å²) in [5, 5.41) is 7.61. The number of amides is 1. The molecule has 2 aromatic rings. The lowest BCUT2D eigenvalue weighted by Crippen LogP contribution is -2.10. The summed E-state index contributed by atoms with van der Waals surface area (Å²) in [6.07, 6.45) is 6.44. The lowest BCUT2D eigenvalue weighted by molar-refractivity contribution is 0.103. The Balaban J connectivity index is 1.66. The van der Waals surface area contributed by atoms with Gasteiger partial charge in [-0.1, -0.05) is 25.3 Å². The van der Waals surface area contributed by atoms with Crippen molar-refractivity contribution < 1.29 is 4.79 Å². The first kappa shape index (κ1) is 12.8. The van der Waals surface area contributed by atoms with Crippen LogP contribution >= 0.6 is 22.7 Å². The smallest absolute Gasteiger partial charge is 0.267 e. The van der Waals surface area contributed by atoms with E-state index in [1.54, 1.807) is 0 Å². The van der Waals surface area contributed by atoms with Gasteiger partial charge < -0.3 is 0 Å². The van der Waals surface area contributed by atoms with E-state index in [0.29, 0.717) is 5.92 Å². The van der Waals surface area contributed by atoms with Crippen molar-refractivity contribution in [3.8, 4) is 0 Å². The van der Waals surface area contributed by atoms with Crippen molar-refractivity contribution in [2.45, 2.75) is 38.0 Å². The molecule has 1 amide bonds. The first-order chi connectivity index (χ1) is 9.33. The van der Waals surface area contributed by atoms with E-state index < -0.39 is 0 Å². The van der Waals surface area contributed by atoms with Crippen LogP contribution in [0.3, 0.4) is 0 Å². The molecule has 0 bridgehead atoms. The summed E-state index contributed by atoms with van der Waals surface area (Å²) >= 11 is 2.98. The Kier molecular flexibility index (Phi) is 3.94. The van der Waals surface area contributed by atoms with Crippen molar-refractivity contribution in [2.24, 2.45) is 0 Å². The zero-order chi connectivity index (χ0) is 13.1. The van der Waals surface area contributed by atoms with E-state index in [0.717, 1.165) is 15.7 Å². The van der Waals surface area contributed by atoms with Gasteiger partial charge in [-0.25, -0.2) is 4.98 Å². The van der Waals surface area contributed by atoms with Crippen LogP contribution in [0.1, 0.15) is 53.4 Å². The minimum atomic E-state index is -0.0560. The highest BCUT2D eigenvalue weighted by Gasteiger charge is 2.19. The molecular weight excluding hydrogens is 276 g/mol. The number of nitrogens with zero attached hydrogens (tertiary/aromatic N) is 1. The summed E-state index contributed by atoms with van der Waals surface area (Å²) in [6, 6.07) is 3.71. The zero-order valence-corrected chi connectivity index (χ0v) is 12.2. The van der Waals surface area contributed by atoms with Crippen LogP contribution in [0.25, 0.3) is 0 Å². The van der Waals surface area contributed by atoms with E-state index in [9.17, 15) is 4.79 Å². The second-order valence-corrected chi connectivity index (χ2v) is 6.65. The average Bonchev–Trinajstić information content (AvgIpc) is 3.11. The number of thiophene rings is 1. The average molecular weight is 292 g/mol. The van der Waals surface area contributed by atoms with Crippen molar-refractivity contribution >= 4 is 33.7 Å². The van der Waals surface area contributed by atoms with Crippen molar-refractivity contribution in [2.75, 3.05) is 5.32 Å². The molecule has 2 aromatic heterocycles. The minimum Gasteiger partial charge on any atom is -0.297 e. The third-order valence-electron chi connectivity index (χ3n) is 3.51. The Morgan fingerprint density at radius 3 is 2.84 bits per heavy atom. The van der Waals surface area contributed by atoms with Crippen molar-refractivity contribution in [1.29, 1.82) is 0 Å². The van der Waals surface area contributed by atoms with Gasteiger partial charge in [0.2, 0.25) is 0 Å². The van der Waals surface area contributed by atoms with Crippen LogP contribution in [-0.2, 0) is 0 Å². The molecule has 0 saturated heterocycles. The van der Waals surface area contributed by atoms with Gasteiger partial charge in [-0.2, -0.15) is 0 Å². The summed E-state index contributed by atoms with van der Waals surface area (Å²) in [5.41, 5.74) is 1.16. The molecule has 5 heteroatoms. The molecule has 0 radical (unpaired) electrons. The SMILES string of the molecule is O=C(Nc1nc(C2CCCCC2)cs1)c1cccs1. The van der Waals surface area contributed by atoms with Crippen LogP contribution in [0.15, 0.2) is 22.9 Å². The Hall–Kier alpha value is -1.20. The number of carbonyl (C=O) groups is 1.